The lowest BCUT2D eigenvalue weighted by Crippen LogP contribution is -2.41. The maximum atomic E-state index is 13.7. The lowest BCUT2D eigenvalue weighted by atomic mass is 9.81. The number of rotatable bonds is 2. The number of carbonyl (C=O) groups is 2. The zero-order valence-corrected chi connectivity index (χ0v) is 25.8. The highest BCUT2D eigenvalue weighted by Crippen LogP contribution is 2.47. The number of ketones is 1. The molecule has 1 aliphatic carbocycles. The van der Waals surface area contributed by atoms with E-state index in [0.717, 1.165) is 72.0 Å². The third-order valence-electron chi connectivity index (χ3n) is 9.15. The predicted molar refractivity (Wildman–Crippen MR) is 168 cm³/mol. The number of amides is 1. The van der Waals surface area contributed by atoms with Crippen molar-refractivity contribution in [3.8, 4) is 17.0 Å². The molecule has 0 spiro atoms. The van der Waals surface area contributed by atoms with Crippen LogP contribution in [0.2, 0.25) is 0 Å². The minimum atomic E-state index is -3.99. The molecule has 228 valence electrons. The van der Waals surface area contributed by atoms with Gasteiger partial charge < -0.3 is 14.6 Å². The van der Waals surface area contributed by atoms with E-state index in [1.54, 1.807) is 19.2 Å². The Bertz CT molecular complexity index is 1700. The zero-order valence-electron chi connectivity index (χ0n) is 24.9. The van der Waals surface area contributed by atoms with Gasteiger partial charge in [0.2, 0.25) is 0 Å². The van der Waals surface area contributed by atoms with Gasteiger partial charge in [-0.05, 0) is 85.7 Å². The highest BCUT2D eigenvalue weighted by Gasteiger charge is 2.31. The van der Waals surface area contributed by atoms with Crippen LogP contribution < -0.4 is 14.8 Å². The molecule has 0 saturated heterocycles. The van der Waals surface area contributed by atoms with Gasteiger partial charge in [0.25, 0.3) is 5.91 Å². The first-order valence-corrected chi connectivity index (χ1v) is 16.8. The summed E-state index contributed by atoms with van der Waals surface area (Å²) >= 11 is 0. The summed E-state index contributed by atoms with van der Waals surface area (Å²) in [5, 5.41) is 4.34. The average molecular weight is 605 g/mol. The molecule has 9 nitrogen and oxygen atoms in total. The van der Waals surface area contributed by atoms with Gasteiger partial charge in [-0.25, -0.2) is 4.72 Å². The largest absolute Gasteiger partial charge is 0.497 e. The van der Waals surface area contributed by atoms with Gasteiger partial charge in [0.15, 0.2) is 5.78 Å². The molecular formula is C33H40N4O5S. The van der Waals surface area contributed by atoms with E-state index in [9.17, 15) is 18.0 Å². The first kappa shape index (κ1) is 29.6. The fraction of sp³-hybridized carbons (Fsp3) is 0.455. The van der Waals surface area contributed by atoms with Crippen LogP contribution in [0.4, 0.5) is 0 Å². The molecule has 1 amide bonds. The molecule has 0 atom stereocenters. The number of nitrogens with zero attached hydrogens (tertiary/aromatic N) is 2. The van der Waals surface area contributed by atoms with E-state index in [4.69, 9.17) is 4.74 Å². The van der Waals surface area contributed by atoms with Crippen molar-refractivity contribution in [3.05, 3.63) is 58.7 Å². The van der Waals surface area contributed by atoms with Gasteiger partial charge in [0, 0.05) is 41.2 Å². The summed E-state index contributed by atoms with van der Waals surface area (Å²) in [7, 11) is -0.868. The number of carbonyl (C=O) groups excluding carboxylic acids is 2. The van der Waals surface area contributed by atoms with Gasteiger partial charge in [-0.3, -0.25) is 9.59 Å². The minimum absolute atomic E-state index is 0.0310. The molecule has 3 aromatic rings. The van der Waals surface area contributed by atoms with E-state index in [1.165, 1.54) is 23.3 Å². The van der Waals surface area contributed by atoms with Crippen LogP contribution in [0.25, 0.3) is 28.2 Å². The third-order valence-corrected chi connectivity index (χ3v) is 10.6. The van der Waals surface area contributed by atoms with Gasteiger partial charge in [0.1, 0.15) is 5.75 Å². The van der Waals surface area contributed by atoms with Crippen molar-refractivity contribution in [1.82, 2.24) is 18.9 Å². The quantitative estimate of drug-likeness (QED) is 0.426. The molecule has 3 heterocycles. The lowest BCUT2D eigenvalue weighted by Gasteiger charge is -2.24. The number of hydrogen-bond acceptors (Lipinski definition) is 6. The van der Waals surface area contributed by atoms with Crippen molar-refractivity contribution in [3.63, 3.8) is 0 Å². The second kappa shape index (κ2) is 12.3. The van der Waals surface area contributed by atoms with Crippen LogP contribution in [-0.4, -0.2) is 62.8 Å². The van der Waals surface area contributed by atoms with E-state index < -0.39 is 16.1 Å². The van der Waals surface area contributed by atoms with Crippen molar-refractivity contribution in [1.29, 1.82) is 0 Å². The SMILES string of the molecule is COc1ccc2c(c1)C=C1Cn3c-2c(C2CCCCC2)c2ccc(cc23)C(=O)NS(=O)(=O)N(C)CCCCCNCC1=O. The molecule has 6 rings (SSSR count). The molecule has 0 radical (unpaired) electrons. The predicted octanol–water partition coefficient (Wildman–Crippen LogP) is 5.01. The Kier molecular flexibility index (Phi) is 8.44. The fourth-order valence-electron chi connectivity index (χ4n) is 6.80. The maximum absolute atomic E-state index is 13.7. The molecule has 43 heavy (non-hydrogen) atoms. The van der Waals surface area contributed by atoms with E-state index in [2.05, 4.69) is 20.7 Å². The number of benzene rings is 2. The van der Waals surface area contributed by atoms with Crippen molar-refractivity contribution < 1.29 is 22.7 Å². The number of ether oxygens (including phenoxy) is 1. The third kappa shape index (κ3) is 5.88. The Morgan fingerprint density at radius 1 is 0.953 bits per heavy atom. The molecular weight excluding hydrogens is 564 g/mol. The Balaban J connectivity index is 1.57. The van der Waals surface area contributed by atoms with Crippen LogP contribution in [0, 0.1) is 0 Å². The van der Waals surface area contributed by atoms with E-state index in [-0.39, 0.29) is 17.9 Å². The van der Waals surface area contributed by atoms with Crippen molar-refractivity contribution in [2.24, 2.45) is 0 Å². The van der Waals surface area contributed by atoms with Gasteiger partial charge in [-0.1, -0.05) is 31.7 Å². The van der Waals surface area contributed by atoms with E-state index in [1.807, 2.05) is 24.3 Å². The topological polar surface area (TPSA) is 110 Å². The molecule has 1 aromatic heterocycles. The summed E-state index contributed by atoms with van der Waals surface area (Å²) in [5.74, 6) is 0.430. The Morgan fingerprint density at radius 3 is 2.53 bits per heavy atom. The average Bonchev–Trinajstić information content (AvgIpc) is 3.22. The first-order valence-electron chi connectivity index (χ1n) is 15.3. The van der Waals surface area contributed by atoms with Crippen LogP contribution >= 0.6 is 0 Å². The number of methoxy groups -OCH3 is 1. The monoisotopic (exact) mass is 604 g/mol. The summed E-state index contributed by atoms with van der Waals surface area (Å²) in [6, 6.07) is 11.5. The van der Waals surface area contributed by atoms with Crippen LogP contribution in [0.15, 0.2) is 42.0 Å². The number of aromatic nitrogens is 1. The molecule has 10 heteroatoms. The molecule has 1 saturated carbocycles. The summed E-state index contributed by atoms with van der Waals surface area (Å²) in [4.78, 5) is 27.1. The van der Waals surface area contributed by atoms with Crippen molar-refractivity contribution >= 4 is 38.9 Å². The molecule has 2 aromatic carbocycles. The molecule has 3 aliphatic rings. The Morgan fingerprint density at radius 2 is 1.74 bits per heavy atom. The Labute approximate surface area is 253 Å². The number of Topliss-reactive ketones (excluding diaryl/α,β-unsaturated/α-hetero) is 1. The molecule has 2 aliphatic heterocycles. The van der Waals surface area contributed by atoms with Crippen molar-refractivity contribution in [2.45, 2.75) is 63.8 Å². The standard InChI is InChI=1S/C33H40N4O5S/c1-36-16-8-4-7-15-34-20-30(38)25-17-24-18-26(42-2)12-14-27(24)32-31(22-9-5-3-6-10-22)28-13-11-23(19-29(28)37(32)21-25)33(39)35-43(36,40)41/h11-14,17-19,22,34H,3-10,15-16,20-21H2,1-2H3,(H,35,39). The van der Waals surface area contributed by atoms with Gasteiger partial charge >= 0.3 is 10.2 Å². The molecule has 4 bridgehead atoms. The summed E-state index contributed by atoms with van der Waals surface area (Å²) in [6.07, 6.45) is 9.93. The van der Waals surface area contributed by atoms with Gasteiger partial charge in [0.05, 0.1) is 25.9 Å². The van der Waals surface area contributed by atoms with E-state index in [0.29, 0.717) is 37.5 Å². The van der Waals surface area contributed by atoms with Crippen LogP contribution in [0.1, 0.15) is 78.8 Å². The van der Waals surface area contributed by atoms with Crippen LogP contribution in [-0.2, 0) is 21.5 Å². The fourth-order valence-corrected chi connectivity index (χ4v) is 7.68. The smallest absolute Gasteiger partial charge is 0.303 e. The first-order chi connectivity index (χ1) is 20.8. The Hall–Kier alpha value is -3.47. The van der Waals surface area contributed by atoms with Gasteiger partial charge in [-0.15, -0.1) is 0 Å². The number of nitrogens with one attached hydrogen (secondary N) is 2. The highest BCUT2D eigenvalue weighted by atomic mass is 32.2. The second-order valence-corrected chi connectivity index (χ2v) is 13.7. The summed E-state index contributed by atoms with van der Waals surface area (Å²) in [6.45, 7) is 1.52. The maximum Gasteiger partial charge on any atom is 0.303 e. The lowest BCUT2D eigenvalue weighted by molar-refractivity contribution is -0.114. The molecule has 0 unspecified atom stereocenters. The highest BCUT2D eigenvalue weighted by molar-refractivity contribution is 7.87. The summed E-state index contributed by atoms with van der Waals surface area (Å²) in [5.41, 5.74) is 6.02. The minimum Gasteiger partial charge on any atom is -0.497 e. The number of hydrogen-bond donors (Lipinski definition) is 2. The zero-order chi connectivity index (χ0) is 30.1. The van der Waals surface area contributed by atoms with Gasteiger partial charge in [-0.2, -0.15) is 12.7 Å². The second-order valence-electron chi connectivity index (χ2n) is 12.0. The molecule has 2 N–H and O–H groups in total. The van der Waals surface area contributed by atoms with E-state index >= 15 is 0 Å². The summed E-state index contributed by atoms with van der Waals surface area (Å²) < 4.78 is 37.2. The van der Waals surface area contributed by atoms with Crippen LogP contribution in [0.5, 0.6) is 5.75 Å². The molecule has 1 fully saturated rings. The number of fused-ring (bicyclic) bond motifs is 4. The van der Waals surface area contributed by atoms with Crippen LogP contribution in [0.3, 0.4) is 0 Å². The normalized spacial score (nSPS) is 20.7. The van der Waals surface area contributed by atoms with Crippen molar-refractivity contribution in [2.75, 3.05) is 33.8 Å².